The highest BCUT2D eigenvalue weighted by Crippen LogP contribution is 2.33. The number of H-pyrrole nitrogens is 1. The van der Waals surface area contributed by atoms with Crippen molar-refractivity contribution < 1.29 is 19.1 Å². The Morgan fingerprint density at radius 3 is 2.41 bits per heavy atom. The largest absolute Gasteiger partial charge is 0.497 e. The first-order valence-corrected chi connectivity index (χ1v) is 11.7. The molecule has 0 fully saturated rings. The highest BCUT2D eigenvalue weighted by molar-refractivity contribution is 6.03. The minimum atomic E-state index is -0.634. The monoisotopic (exact) mass is 496 g/mol. The van der Waals surface area contributed by atoms with E-state index in [0.717, 1.165) is 16.8 Å². The van der Waals surface area contributed by atoms with Crippen LogP contribution >= 0.6 is 0 Å². The number of hydrogen-bond donors (Lipinski definition) is 1. The Labute approximate surface area is 212 Å². The number of hydrazone groups is 1. The topological polar surface area (TPSA) is 114 Å². The number of aromatic nitrogens is 2. The number of hydrogen-bond acceptors (Lipinski definition) is 7. The van der Waals surface area contributed by atoms with Crippen LogP contribution < -0.4 is 10.3 Å². The van der Waals surface area contributed by atoms with E-state index in [2.05, 4.69) is 15.3 Å². The molecule has 0 spiro atoms. The summed E-state index contributed by atoms with van der Waals surface area (Å²) in [5.41, 5.74) is 2.61. The van der Waals surface area contributed by atoms with E-state index in [1.807, 2.05) is 54.6 Å². The van der Waals surface area contributed by atoms with Gasteiger partial charge in [-0.05, 0) is 29.3 Å². The van der Waals surface area contributed by atoms with Gasteiger partial charge >= 0.3 is 5.97 Å². The maximum atomic E-state index is 13.2. The highest BCUT2D eigenvalue weighted by atomic mass is 16.5. The van der Waals surface area contributed by atoms with Crippen LogP contribution in [0, 0.1) is 0 Å². The van der Waals surface area contributed by atoms with E-state index < -0.39 is 18.5 Å². The SMILES string of the molecule is COc1ccc(C2CC(c3ccccc3)=NN2C(=O)COC(=O)Cc2n[nH]c(=O)c3ccccc23)cc1. The molecule has 37 heavy (non-hydrogen) atoms. The van der Waals surface area contributed by atoms with Crippen molar-refractivity contribution >= 4 is 28.4 Å². The molecular weight excluding hydrogens is 472 g/mol. The van der Waals surface area contributed by atoms with E-state index >= 15 is 0 Å². The molecular formula is C28H24N4O5. The van der Waals surface area contributed by atoms with Crippen molar-refractivity contribution in [2.75, 3.05) is 13.7 Å². The predicted octanol–water partition coefficient (Wildman–Crippen LogP) is 3.40. The average molecular weight is 497 g/mol. The number of carbonyl (C=O) groups is 2. The summed E-state index contributed by atoms with van der Waals surface area (Å²) in [6.45, 7) is -0.474. The number of amides is 1. The molecule has 3 aromatic carbocycles. The summed E-state index contributed by atoms with van der Waals surface area (Å²) >= 11 is 0. The second-order valence-electron chi connectivity index (χ2n) is 8.53. The minimum absolute atomic E-state index is 0.189. The number of nitrogens with one attached hydrogen (secondary N) is 1. The normalized spacial score (nSPS) is 14.9. The van der Waals surface area contributed by atoms with Crippen LogP contribution in [-0.4, -0.2) is 46.5 Å². The van der Waals surface area contributed by atoms with Crippen molar-refractivity contribution in [1.29, 1.82) is 0 Å². The van der Waals surface area contributed by atoms with Crippen LogP contribution in [-0.2, 0) is 20.7 Å². The third kappa shape index (κ3) is 5.11. The zero-order valence-electron chi connectivity index (χ0n) is 20.1. The Bertz CT molecular complexity index is 1530. The first-order chi connectivity index (χ1) is 18.0. The van der Waals surface area contributed by atoms with E-state index in [1.165, 1.54) is 5.01 Å². The Balaban J connectivity index is 1.32. The van der Waals surface area contributed by atoms with Crippen molar-refractivity contribution in [3.05, 3.63) is 106 Å². The van der Waals surface area contributed by atoms with E-state index in [0.29, 0.717) is 28.6 Å². The fourth-order valence-corrected chi connectivity index (χ4v) is 4.33. The Morgan fingerprint density at radius 1 is 0.973 bits per heavy atom. The number of ether oxygens (including phenoxy) is 2. The third-order valence-electron chi connectivity index (χ3n) is 6.22. The second-order valence-corrected chi connectivity index (χ2v) is 8.53. The van der Waals surface area contributed by atoms with Crippen molar-refractivity contribution in [2.24, 2.45) is 5.10 Å². The summed E-state index contributed by atoms with van der Waals surface area (Å²) in [6, 6.07) is 23.6. The van der Waals surface area contributed by atoms with Gasteiger partial charge < -0.3 is 9.47 Å². The lowest BCUT2D eigenvalue weighted by Crippen LogP contribution is -2.31. The fraction of sp³-hybridized carbons (Fsp3) is 0.179. The lowest BCUT2D eigenvalue weighted by molar-refractivity contribution is -0.152. The molecule has 2 heterocycles. The van der Waals surface area contributed by atoms with Crippen LogP contribution in [0.5, 0.6) is 5.75 Å². The van der Waals surface area contributed by atoms with Crippen LogP contribution in [0.15, 0.2) is 88.8 Å². The lowest BCUT2D eigenvalue weighted by atomic mass is 9.98. The summed E-state index contributed by atoms with van der Waals surface area (Å²) in [6.07, 6.45) is 0.328. The van der Waals surface area contributed by atoms with Gasteiger partial charge in [0.1, 0.15) is 5.75 Å². The first-order valence-electron chi connectivity index (χ1n) is 11.7. The van der Waals surface area contributed by atoms with Gasteiger partial charge in [0.15, 0.2) is 6.61 Å². The van der Waals surface area contributed by atoms with Gasteiger partial charge in [-0.2, -0.15) is 10.2 Å². The van der Waals surface area contributed by atoms with Crippen LogP contribution in [0.3, 0.4) is 0 Å². The number of rotatable bonds is 7. The zero-order valence-corrected chi connectivity index (χ0v) is 20.1. The molecule has 4 aromatic rings. The second kappa shape index (κ2) is 10.4. The van der Waals surface area contributed by atoms with Gasteiger partial charge in [-0.25, -0.2) is 10.1 Å². The minimum Gasteiger partial charge on any atom is -0.497 e. The molecule has 0 saturated heterocycles. The lowest BCUT2D eigenvalue weighted by Gasteiger charge is -2.22. The van der Waals surface area contributed by atoms with Crippen molar-refractivity contribution in [3.63, 3.8) is 0 Å². The Hall–Kier alpha value is -4.79. The Morgan fingerprint density at radius 2 is 1.68 bits per heavy atom. The maximum absolute atomic E-state index is 13.2. The first kappa shape index (κ1) is 23.9. The maximum Gasteiger partial charge on any atom is 0.312 e. The summed E-state index contributed by atoms with van der Waals surface area (Å²) in [7, 11) is 1.59. The predicted molar refractivity (Wildman–Crippen MR) is 137 cm³/mol. The van der Waals surface area contributed by atoms with Crippen LogP contribution in [0.4, 0.5) is 0 Å². The van der Waals surface area contributed by atoms with Crippen molar-refractivity contribution in [2.45, 2.75) is 18.9 Å². The number of carbonyl (C=O) groups excluding carboxylic acids is 2. The zero-order chi connectivity index (χ0) is 25.8. The van der Waals surface area contributed by atoms with Gasteiger partial charge in [-0.15, -0.1) is 0 Å². The molecule has 1 aliphatic heterocycles. The van der Waals surface area contributed by atoms with E-state index in [-0.39, 0.29) is 18.0 Å². The number of esters is 1. The Kier molecular flexibility index (Phi) is 6.76. The molecule has 9 heteroatoms. The van der Waals surface area contributed by atoms with Crippen LogP contribution in [0.25, 0.3) is 10.8 Å². The molecule has 0 saturated carbocycles. The molecule has 1 N–H and O–H groups in total. The number of methoxy groups -OCH3 is 1. The molecule has 1 unspecified atom stereocenters. The highest BCUT2D eigenvalue weighted by Gasteiger charge is 2.33. The number of fused-ring (bicyclic) bond motifs is 1. The van der Waals surface area contributed by atoms with Gasteiger partial charge in [0.2, 0.25) is 0 Å². The van der Waals surface area contributed by atoms with Gasteiger partial charge in [0, 0.05) is 11.8 Å². The van der Waals surface area contributed by atoms with Crippen LogP contribution in [0.2, 0.25) is 0 Å². The van der Waals surface area contributed by atoms with Gasteiger partial charge in [-0.3, -0.25) is 14.4 Å². The molecule has 1 aromatic heterocycles. The number of benzene rings is 3. The third-order valence-corrected chi connectivity index (χ3v) is 6.22. The summed E-state index contributed by atoms with van der Waals surface area (Å²) in [4.78, 5) is 37.8. The summed E-state index contributed by atoms with van der Waals surface area (Å²) < 4.78 is 10.6. The standard InChI is InChI=1S/C28H24N4O5/c1-36-20-13-11-19(12-14-20)25-15-23(18-7-3-2-4-8-18)31-32(25)26(33)17-37-27(34)16-24-21-9-5-6-10-22(21)28(35)30-29-24/h2-14,25H,15-17H2,1H3,(H,30,35). The smallest absolute Gasteiger partial charge is 0.312 e. The van der Waals surface area contributed by atoms with Gasteiger partial charge in [-0.1, -0.05) is 60.7 Å². The molecule has 9 nitrogen and oxygen atoms in total. The van der Waals surface area contributed by atoms with E-state index in [4.69, 9.17) is 9.47 Å². The average Bonchev–Trinajstić information content (AvgIpc) is 3.40. The van der Waals surface area contributed by atoms with Gasteiger partial charge in [0.25, 0.3) is 11.5 Å². The van der Waals surface area contributed by atoms with E-state index in [9.17, 15) is 14.4 Å². The van der Waals surface area contributed by atoms with E-state index in [1.54, 1.807) is 31.4 Å². The molecule has 186 valence electrons. The molecule has 0 bridgehead atoms. The summed E-state index contributed by atoms with van der Waals surface area (Å²) in [5.74, 6) is -0.369. The summed E-state index contributed by atoms with van der Waals surface area (Å²) in [5, 5.41) is 13.4. The molecule has 5 rings (SSSR count). The molecule has 1 atom stereocenters. The fourth-order valence-electron chi connectivity index (χ4n) is 4.33. The van der Waals surface area contributed by atoms with Crippen molar-refractivity contribution in [3.8, 4) is 5.75 Å². The number of aromatic amines is 1. The number of nitrogens with zero attached hydrogens (tertiary/aromatic N) is 3. The molecule has 0 aliphatic carbocycles. The van der Waals surface area contributed by atoms with Gasteiger partial charge in [0.05, 0.1) is 36.4 Å². The molecule has 1 aliphatic rings. The molecule has 1 amide bonds. The quantitative estimate of drug-likeness (QED) is 0.393. The van der Waals surface area contributed by atoms with Crippen LogP contribution in [0.1, 0.15) is 29.3 Å². The molecule has 0 radical (unpaired) electrons. The van der Waals surface area contributed by atoms with Crippen molar-refractivity contribution in [1.82, 2.24) is 15.2 Å².